The molecule has 0 radical (unpaired) electrons. The van der Waals surface area contributed by atoms with Gasteiger partial charge < -0.3 is 19.4 Å². The third-order valence-electron chi connectivity index (χ3n) is 4.07. The number of quaternary nitrogens is 2. The number of hydrogen-bond acceptors (Lipinski definition) is 2. The molecular weight excluding hydrogens is 326 g/mol. The third kappa shape index (κ3) is 16.8. The van der Waals surface area contributed by atoms with Crippen LogP contribution in [0.1, 0.15) is 55.4 Å². The third-order valence-corrected chi connectivity index (χ3v) is 4.07. The van der Waals surface area contributed by atoms with Crippen LogP contribution in [0.15, 0.2) is 0 Å². The molecular formula is C21H51N3O2+2. The summed E-state index contributed by atoms with van der Waals surface area (Å²) in [7, 11) is 10.6. The Balaban J connectivity index is -0.00000264. The molecule has 0 aromatic heterocycles. The fourth-order valence-electron chi connectivity index (χ4n) is 3.26. The molecule has 2 N–H and O–H groups in total. The van der Waals surface area contributed by atoms with Gasteiger partial charge in [-0.3, -0.25) is 4.79 Å². The second-order valence-corrected chi connectivity index (χ2v) is 10.3. The Bertz CT molecular complexity index is 382. The largest absolute Gasteiger partial charge is 0.382 e. The second kappa shape index (κ2) is 11.9. The molecule has 2 atom stereocenters. The normalized spacial score (nSPS) is 14.7. The summed E-state index contributed by atoms with van der Waals surface area (Å²) >= 11 is 0. The zero-order chi connectivity index (χ0) is 19.2. The molecule has 0 saturated carbocycles. The molecule has 0 saturated heterocycles. The van der Waals surface area contributed by atoms with Gasteiger partial charge in [0, 0.05) is 18.9 Å². The lowest BCUT2D eigenvalue weighted by Gasteiger charge is -2.34. The van der Waals surface area contributed by atoms with Crippen molar-refractivity contribution in [3.05, 3.63) is 0 Å². The van der Waals surface area contributed by atoms with Gasteiger partial charge in [-0.05, 0) is 11.8 Å². The molecule has 0 aliphatic rings. The van der Waals surface area contributed by atoms with E-state index in [1.807, 2.05) is 6.92 Å². The van der Waals surface area contributed by atoms with E-state index in [1.54, 1.807) is 0 Å². The molecule has 26 heavy (non-hydrogen) atoms. The van der Waals surface area contributed by atoms with E-state index in [1.165, 1.54) is 0 Å². The summed E-state index contributed by atoms with van der Waals surface area (Å²) in [6.45, 7) is 11.6. The SMILES string of the molecule is C.C.CC(CC(C)(C)C)C(=O)NCCC[N+](C)(C)CC(O)C[N+](C)(C)C. The second-order valence-electron chi connectivity index (χ2n) is 10.3. The number of nitrogens with zero attached hydrogens (tertiary/aromatic N) is 2. The van der Waals surface area contributed by atoms with Gasteiger partial charge in [0.2, 0.25) is 5.91 Å². The molecule has 0 aromatic carbocycles. The van der Waals surface area contributed by atoms with Crippen LogP contribution in [0.2, 0.25) is 0 Å². The van der Waals surface area contributed by atoms with Gasteiger partial charge >= 0.3 is 0 Å². The number of rotatable bonds is 10. The Labute approximate surface area is 164 Å². The molecule has 2 unspecified atom stereocenters. The van der Waals surface area contributed by atoms with E-state index in [0.29, 0.717) is 6.54 Å². The fourth-order valence-corrected chi connectivity index (χ4v) is 3.26. The topological polar surface area (TPSA) is 49.3 Å². The van der Waals surface area contributed by atoms with Crippen LogP contribution in [-0.2, 0) is 4.79 Å². The quantitative estimate of drug-likeness (QED) is 0.454. The summed E-state index contributed by atoms with van der Waals surface area (Å²) in [5, 5.41) is 13.3. The van der Waals surface area contributed by atoms with Crippen molar-refractivity contribution >= 4 is 5.91 Å². The predicted molar refractivity (Wildman–Crippen MR) is 115 cm³/mol. The maximum Gasteiger partial charge on any atom is 0.222 e. The van der Waals surface area contributed by atoms with Crippen LogP contribution in [0.25, 0.3) is 0 Å². The summed E-state index contributed by atoms with van der Waals surface area (Å²) in [4.78, 5) is 12.1. The number of carbonyl (C=O) groups is 1. The number of likely N-dealkylation sites (N-methyl/N-ethyl adjacent to an activating group) is 2. The molecule has 0 heterocycles. The molecule has 0 aliphatic heterocycles. The number of amides is 1. The first-order valence-electron chi connectivity index (χ1n) is 9.19. The van der Waals surface area contributed by atoms with Gasteiger partial charge in [0.25, 0.3) is 0 Å². The minimum atomic E-state index is -0.304. The Morgan fingerprint density at radius 2 is 1.54 bits per heavy atom. The average molecular weight is 378 g/mol. The maximum absolute atomic E-state index is 12.1. The van der Waals surface area contributed by atoms with Gasteiger partial charge in [-0.15, -0.1) is 0 Å². The molecule has 160 valence electrons. The maximum atomic E-state index is 12.1. The monoisotopic (exact) mass is 377 g/mol. The van der Waals surface area contributed by atoms with Crippen molar-refractivity contribution in [2.24, 2.45) is 11.3 Å². The van der Waals surface area contributed by atoms with Crippen LogP contribution < -0.4 is 5.32 Å². The lowest BCUT2D eigenvalue weighted by atomic mass is 9.85. The highest BCUT2D eigenvalue weighted by molar-refractivity contribution is 5.78. The van der Waals surface area contributed by atoms with Gasteiger partial charge in [-0.2, -0.15) is 0 Å². The highest BCUT2D eigenvalue weighted by Gasteiger charge is 2.25. The van der Waals surface area contributed by atoms with E-state index in [0.717, 1.165) is 41.4 Å². The standard InChI is InChI=1S/C19H42N3O2.2CH4/c1-16(13-19(2,3)4)18(24)20-11-10-12-22(8,9)15-17(23)14-21(5,6)7;;/h16-17,23H,10-15H2,1-9H3;2*1H4/q+1;;/p+1. The summed E-state index contributed by atoms with van der Waals surface area (Å²) in [5.74, 6) is 0.208. The van der Waals surface area contributed by atoms with Crippen molar-refractivity contribution < 1.29 is 18.9 Å². The van der Waals surface area contributed by atoms with Gasteiger partial charge in [0.05, 0.1) is 41.8 Å². The number of carbonyl (C=O) groups excluding carboxylic acids is 1. The Kier molecular flexibility index (Phi) is 13.8. The van der Waals surface area contributed by atoms with E-state index >= 15 is 0 Å². The van der Waals surface area contributed by atoms with Crippen molar-refractivity contribution in [1.29, 1.82) is 0 Å². The van der Waals surface area contributed by atoms with Crippen molar-refractivity contribution in [3.8, 4) is 0 Å². The van der Waals surface area contributed by atoms with Gasteiger partial charge in [0.15, 0.2) is 6.10 Å². The van der Waals surface area contributed by atoms with E-state index in [2.05, 4.69) is 61.3 Å². The summed E-state index contributed by atoms with van der Waals surface area (Å²) in [6.07, 6.45) is 1.52. The zero-order valence-corrected chi connectivity index (χ0v) is 17.6. The molecule has 0 aliphatic carbocycles. The van der Waals surface area contributed by atoms with Crippen molar-refractivity contribution in [1.82, 2.24) is 5.32 Å². The summed E-state index contributed by atoms with van der Waals surface area (Å²) < 4.78 is 1.54. The number of hydrogen-bond donors (Lipinski definition) is 2. The molecule has 0 fully saturated rings. The number of aliphatic hydroxyl groups is 1. The summed E-state index contributed by atoms with van der Waals surface area (Å²) in [6, 6.07) is 0. The molecule has 1 amide bonds. The lowest BCUT2D eigenvalue weighted by molar-refractivity contribution is -0.907. The van der Waals surface area contributed by atoms with Crippen LogP contribution in [0, 0.1) is 11.3 Å². The zero-order valence-electron chi connectivity index (χ0n) is 17.6. The number of nitrogens with one attached hydrogen (secondary N) is 1. The van der Waals surface area contributed by atoms with Crippen LogP contribution >= 0.6 is 0 Å². The number of aliphatic hydroxyl groups excluding tert-OH is 1. The smallest absolute Gasteiger partial charge is 0.222 e. The van der Waals surface area contributed by atoms with E-state index in [9.17, 15) is 9.90 Å². The van der Waals surface area contributed by atoms with Crippen molar-refractivity contribution in [3.63, 3.8) is 0 Å². The minimum Gasteiger partial charge on any atom is -0.382 e. The van der Waals surface area contributed by atoms with Gasteiger partial charge in [-0.1, -0.05) is 42.5 Å². The van der Waals surface area contributed by atoms with Gasteiger partial charge in [0.1, 0.15) is 13.1 Å². The van der Waals surface area contributed by atoms with Crippen LogP contribution in [0.5, 0.6) is 0 Å². The first-order valence-corrected chi connectivity index (χ1v) is 9.19. The molecule has 0 spiro atoms. The predicted octanol–water partition coefficient (Wildman–Crippen LogP) is 2.98. The van der Waals surface area contributed by atoms with Crippen molar-refractivity contribution in [2.75, 3.05) is 61.4 Å². The van der Waals surface area contributed by atoms with Crippen molar-refractivity contribution in [2.45, 2.75) is 61.5 Å². The first-order chi connectivity index (χ1) is 10.6. The molecule has 5 nitrogen and oxygen atoms in total. The average Bonchev–Trinajstić information content (AvgIpc) is 2.28. The Hall–Kier alpha value is -0.650. The first kappa shape index (κ1) is 30.1. The van der Waals surface area contributed by atoms with Gasteiger partial charge in [-0.25, -0.2) is 0 Å². The molecule has 5 heteroatoms. The molecule has 0 bridgehead atoms. The summed E-state index contributed by atoms with van der Waals surface area (Å²) in [5.41, 5.74) is 0.178. The highest BCUT2D eigenvalue weighted by Crippen LogP contribution is 2.24. The van der Waals surface area contributed by atoms with E-state index in [-0.39, 0.29) is 38.2 Å². The Morgan fingerprint density at radius 3 is 1.96 bits per heavy atom. The van der Waals surface area contributed by atoms with Crippen LogP contribution in [-0.4, -0.2) is 87.5 Å². The van der Waals surface area contributed by atoms with E-state index in [4.69, 9.17) is 0 Å². The minimum absolute atomic E-state index is 0. The lowest BCUT2D eigenvalue weighted by Crippen LogP contribution is -2.51. The Morgan fingerprint density at radius 1 is 1.04 bits per heavy atom. The van der Waals surface area contributed by atoms with Crippen LogP contribution in [0.4, 0.5) is 0 Å². The fraction of sp³-hybridized carbons (Fsp3) is 0.952. The van der Waals surface area contributed by atoms with E-state index < -0.39 is 0 Å². The molecule has 0 aromatic rings. The molecule has 0 rings (SSSR count). The highest BCUT2D eigenvalue weighted by atomic mass is 16.3. The van der Waals surface area contributed by atoms with Crippen LogP contribution in [0.3, 0.4) is 0 Å².